The maximum atomic E-state index is 13.4. The van der Waals surface area contributed by atoms with Crippen molar-refractivity contribution < 1.29 is 23.9 Å². The van der Waals surface area contributed by atoms with Gasteiger partial charge >= 0.3 is 5.97 Å². The zero-order valence-electron chi connectivity index (χ0n) is 29.9. The second-order valence-corrected chi connectivity index (χ2v) is 13.4. The van der Waals surface area contributed by atoms with Gasteiger partial charge in [0.15, 0.2) is 18.5 Å². The van der Waals surface area contributed by atoms with Crippen LogP contribution in [-0.2, 0) is 19.1 Å². The van der Waals surface area contributed by atoms with Crippen LogP contribution in [0.25, 0.3) is 0 Å². The lowest BCUT2D eigenvalue weighted by Crippen LogP contribution is -2.52. The molecule has 0 aromatic heterocycles. The normalized spacial score (nSPS) is 12.8. The predicted octanol–water partition coefficient (Wildman–Crippen LogP) is 3.67. The Morgan fingerprint density at radius 1 is 0.784 bits per heavy atom. The average molecular weight is 726 g/mol. The number of fused-ring (bicyclic) bond motifs is 2. The van der Waals surface area contributed by atoms with Crippen LogP contribution in [0.2, 0.25) is 0 Å². The fraction of sp³-hybridized carbons (Fsp3) is 0.528. The molecule has 2 aromatic rings. The number of unbranched alkanes of at least 4 members (excludes halogenated alkanes) is 6. The number of hydrogen-bond acceptors (Lipinski definition) is 9. The number of ether oxygens (including phenoxy) is 2. The lowest BCUT2D eigenvalue weighted by Gasteiger charge is -2.33. The number of methoxy groups -OCH3 is 1. The summed E-state index contributed by atoms with van der Waals surface area (Å²) in [5.74, 6) is -1.30. The van der Waals surface area contributed by atoms with Crippen molar-refractivity contribution in [2.45, 2.75) is 99.4 Å². The van der Waals surface area contributed by atoms with E-state index in [0.29, 0.717) is 18.6 Å². The molecule has 0 saturated carbocycles. The lowest BCUT2D eigenvalue weighted by atomic mass is 10.1. The molecule has 2 aromatic carbocycles. The number of rotatable bonds is 23. The predicted molar refractivity (Wildman–Crippen MR) is 203 cm³/mol. The van der Waals surface area contributed by atoms with Gasteiger partial charge in [-0.25, -0.2) is 4.79 Å². The molecule has 1 aliphatic heterocycles. The fourth-order valence-electron chi connectivity index (χ4n) is 5.69. The topological polar surface area (TPSA) is 226 Å². The molecule has 0 spiro atoms. The van der Waals surface area contributed by atoms with E-state index >= 15 is 0 Å². The third kappa shape index (κ3) is 14.2. The van der Waals surface area contributed by atoms with E-state index in [1.165, 1.54) is 50.5 Å². The molecule has 3 rings (SSSR count). The molecule has 51 heavy (non-hydrogen) atoms. The van der Waals surface area contributed by atoms with Crippen LogP contribution in [-0.4, -0.2) is 75.1 Å². The first-order chi connectivity index (χ1) is 24.6. The summed E-state index contributed by atoms with van der Waals surface area (Å²) in [7, 11) is 1.23. The van der Waals surface area contributed by atoms with Gasteiger partial charge in [-0.05, 0) is 56.4 Å². The molecular formula is C36H55N9O5S. The number of hydrogen-bond donors (Lipinski definition) is 6. The van der Waals surface area contributed by atoms with Crippen molar-refractivity contribution in [1.82, 2.24) is 10.6 Å². The highest BCUT2D eigenvalue weighted by Crippen LogP contribution is 2.49. The maximum Gasteiger partial charge on any atom is 0.328 e. The van der Waals surface area contributed by atoms with Crippen LogP contribution in [0.15, 0.2) is 62.2 Å². The molecule has 0 aliphatic carbocycles. The number of amides is 2. The van der Waals surface area contributed by atoms with E-state index in [1.807, 2.05) is 18.2 Å². The Morgan fingerprint density at radius 2 is 1.41 bits per heavy atom. The minimum atomic E-state index is -0.992. The van der Waals surface area contributed by atoms with Crippen molar-refractivity contribution in [1.29, 1.82) is 0 Å². The zero-order chi connectivity index (χ0) is 37.0. The molecule has 1 heterocycles. The number of anilines is 2. The highest BCUT2D eigenvalue weighted by molar-refractivity contribution is 7.99. The molecule has 0 unspecified atom stereocenters. The molecule has 280 valence electrons. The second kappa shape index (κ2) is 22.2. The van der Waals surface area contributed by atoms with Gasteiger partial charge in [0.25, 0.3) is 5.91 Å². The number of guanidine groups is 2. The average Bonchev–Trinajstić information content (AvgIpc) is 3.11. The smallest absolute Gasteiger partial charge is 0.328 e. The van der Waals surface area contributed by atoms with Crippen LogP contribution >= 0.6 is 11.8 Å². The Hall–Kier alpha value is -4.66. The van der Waals surface area contributed by atoms with Crippen LogP contribution in [0.5, 0.6) is 5.75 Å². The van der Waals surface area contributed by atoms with Gasteiger partial charge in [0.1, 0.15) is 17.8 Å². The molecule has 14 nitrogen and oxygen atoms in total. The quantitative estimate of drug-likeness (QED) is 0.0419. The molecule has 1 aliphatic rings. The third-order valence-corrected chi connectivity index (χ3v) is 9.43. The molecular weight excluding hydrogens is 671 g/mol. The van der Waals surface area contributed by atoms with Crippen molar-refractivity contribution >= 4 is 52.8 Å². The van der Waals surface area contributed by atoms with Gasteiger partial charge in [0.2, 0.25) is 5.91 Å². The van der Waals surface area contributed by atoms with E-state index < -0.39 is 29.9 Å². The molecule has 0 saturated heterocycles. The Bertz CT molecular complexity index is 1480. The Kier molecular flexibility index (Phi) is 17.8. The molecule has 0 radical (unpaired) electrons. The SMILES string of the molecule is CCCCCCCCCN1c2ccccc2Sc2ccc(OCC(=O)N[C@@H](CCCN=C(N)N)C(=O)N[C@@H](CCCN=C(N)N)C(=O)OC)cc21. The van der Waals surface area contributed by atoms with Crippen LogP contribution in [0.3, 0.4) is 0 Å². The first kappa shape index (κ1) is 40.8. The number of carbonyl (C=O) groups is 3. The van der Waals surface area contributed by atoms with Gasteiger partial charge in [0, 0.05) is 35.5 Å². The summed E-state index contributed by atoms with van der Waals surface area (Å²) in [4.78, 5) is 51.5. The number of nitrogens with two attached hydrogens (primary N) is 4. The molecule has 0 fully saturated rings. The van der Waals surface area contributed by atoms with Gasteiger partial charge in [-0.15, -0.1) is 0 Å². The third-order valence-electron chi connectivity index (χ3n) is 8.30. The maximum absolute atomic E-state index is 13.4. The van der Waals surface area contributed by atoms with Crippen LogP contribution < -0.4 is 43.2 Å². The van der Waals surface area contributed by atoms with Gasteiger partial charge < -0.3 is 47.9 Å². The van der Waals surface area contributed by atoms with E-state index in [-0.39, 0.29) is 44.5 Å². The van der Waals surface area contributed by atoms with Crippen molar-refractivity contribution in [2.24, 2.45) is 32.9 Å². The van der Waals surface area contributed by atoms with Crippen LogP contribution in [0.4, 0.5) is 11.4 Å². The standard InChI is InChI=1S/C36H55N9O5S/c1-3-4-5-6-7-8-11-22-45-28-16-9-10-17-30(28)51-31-19-18-25(23-29(31)45)50-24-32(46)43-26(14-12-20-41-35(37)38)33(47)44-27(34(48)49-2)15-13-21-42-36(39)40/h9-10,16-19,23,26-27H,3-8,11-15,20-22,24H2,1-2H3,(H,43,46)(H,44,47)(H4,37,38,41)(H4,39,40,42)/t26-,27-/m0/s1. The van der Waals surface area contributed by atoms with Crippen molar-refractivity contribution in [3.05, 3.63) is 42.5 Å². The summed E-state index contributed by atoms with van der Waals surface area (Å²) < 4.78 is 10.8. The lowest BCUT2D eigenvalue weighted by molar-refractivity contribution is -0.145. The van der Waals surface area contributed by atoms with Crippen molar-refractivity contribution in [2.75, 3.05) is 38.3 Å². The summed E-state index contributed by atoms with van der Waals surface area (Å²) in [6.07, 6.45) is 9.78. The summed E-state index contributed by atoms with van der Waals surface area (Å²) in [6, 6.07) is 12.3. The van der Waals surface area contributed by atoms with E-state index in [0.717, 1.165) is 29.2 Å². The zero-order valence-corrected chi connectivity index (χ0v) is 30.7. The minimum Gasteiger partial charge on any atom is -0.484 e. The highest BCUT2D eigenvalue weighted by Gasteiger charge is 2.28. The van der Waals surface area contributed by atoms with E-state index in [9.17, 15) is 14.4 Å². The van der Waals surface area contributed by atoms with E-state index in [1.54, 1.807) is 11.8 Å². The highest BCUT2D eigenvalue weighted by atomic mass is 32.2. The summed E-state index contributed by atoms with van der Waals surface area (Å²) in [5, 5.41) is 5.44. The van der Waals surface area contributed by atoms with Gasteiger partial charge in [-0.3, -0.25) is 19.6 Å². The molecule has 2 amide bonds. The Balaban J connectivity index is 1.67. The number of nitrogens with one attached hydrogen (secondary N) is 2. The molecule has 0 bridgehead atoms. The van der Waals surface area contributed by atoms with E-state index in [4.69, 9.17) is 32.4 Å². The fourth-order valence-corrected chi connectivity index (χ4v) is 6.77. The van der Waals surface area contributed by atoms with Gasteiger partial charge in [-0.1, -0.05) is 69.3 Å². The molecule has 10 N–H and O–H groups in total. The largest absolute Gasteiger partial charge is 0.484 e. The number of carbonyl (C=O) groups excluding carboxylic acids is 3. The minimum absolute atomic E-state index is 0.0696. The van der Waals surface area contributed by atoms with Crippen LogP contribution in [0.1, 0.15) is 77.6 Å². The Labute approximate surface area is 305 Å². The first-order valence-electron chi connectivity index (χ1n) is 17.7. The second-order valence-electron chi connectivity index (χ2n) is 12.4. The van der Waals surface area contributed by atoms with Gasteiger partial charge in [0.05, 0.1) is 18.5 Å². The summed E-state index contributed by atoms with van der Waals surface area (Å²) in [5.41, 5.74) is 23.8. The monoisotopic (exact) mass is 725 g/mol. The van der Waals surface area contributed by atoms with Crippen LogP contribution in [0, 0.1) is 0 Å². The number of benzene rings is 2. The number of nitrogens with zero attached hydrogens (tertiary/aromatic N) is 3. The summed E-state index contributed by atoms with van der Waals surface area (Å²) >= 11 is 1.71. The summed E-state index contributed by atoms with van der Waals surface area (Å²) in [6.45, 7) is 3.31. The number of para-hydroxylation sites is 1. The molecule has 15 heteroatoms. The Morgan fingerprint density at radius 3 is 2.08 bits per heavy atom. The van der Waals surface area contributed by atoms with Gasteiger partial charge in [-0.2, -0.15) is 0 Å². The van der Waals surface area contributed by atoms with E-state index in [2.05, 4.69) is 56.7 Å². The number of aliphatic imine (C=N–C) groups is 2. The first-order valence-corrected chi connectivity index (χ1v) is 18.5. The van der Waals surface area contributed by atoms with Crippen molar-refractivity contribution in [3.63, 3.8) is 0 Å². The molecule has 2 atom stereocenters. The number of esters is 1. The van der Waals surface area contributed by atoms with Crippen molar-refractivity contribution in [3.8, 4) is 5.75 Å².